The van der Waals surface area contributed by atoms with Gasteiger partial charge in [-0.15, -0.1) is 0 Å². The summed E-state index contributed by atoms with van der Waals surface area (Å²) in [6.45, 7) is 1.44. The van der Waals surface area contributed by atoms with Crippen LogP contribution in [0.4, 0.5) is 5.69 Å². The third kappa shape index (κ3) is 3.97. The summed E-state index contributed by atoms with van der Waals surface area (Å²) in [5, 5.41) is 10.8. The zero-order chi connectivity index (χ0) is 15.3. The van der Waals surface area contributed by atoms with E-state index in [1.54, 1.807) is 0 Å². The molecule has 20 heavy (non-hydrogen) atoms. The van der Waals surface area contributed by atoms with Crippen LogP contribution in [0.1, 0.15) is 5.56 Å². The zero-order valence-corrected chi connectivity index (χ0v) is 12.1. The Morgan fingerprint density at radius 1 is 1.35 bits per heavy atom. The van der Waals surface area contributed by atoms with Gasteiger partial charge in [-0.2, -0.15) is 0 Å². The lowest BCUT2D eigenvalue weighted by Crippen LogP contribution is -2.34. The van der Waals surface area contributed by atoms with Crippen molar-refractivity contribution in [2.24, 2.45) is 0 Å². The van der Waals surface area contributed by atoms with Crippen molar-refractivity contribution in [1.82, 2.24) is 4.72 Å². The van der Waals surface area contributed by atoms with Gasteiger partial charge in [-0.1, -0.05) is 6.07 Å². The molecule has 0 bridgehead atoms. The first-order valence-corrected chi connectivity index (χ1v) is 7.10. The maximum Gasteiger partial charge on any atom is 0.273 e. The first kappa shape index (κ1) is 16.5. The summed E-state index contributed by atoms with van der Waals surface area (Å²) in [7, 11) is -1.11. The molecule has 0 fully saturated rings. The Hall–Kier alpha value is -1.55. The number of hydrogen-bond acceptors (Lipinski definition) is 6. The molecule has 0 radical (unpaired) electrons. The summed E-state index contributed by atoms with van der Waals surface area (Å²) >= 11 is 0. The number of rotatable bonds is 7. The van der Waals surface area contributed by atoms with E-state index in [9.17, 15) is 18.5 Å². The third-order valence-electron chi connectivity index (χ3n) is 2.65. The summed E-state index contributed by atoms with van der Waals surface area (Å²) < 4.78 is 36.0. The van der Waals surface area contributed by atoms with E-state index in [-0.39, 0.29) is 17.1 Å². The van der Waals surface area contributed by atoms with Gasteiger partial charge in [0.15, 0.2) is 6.29 Å². The average molecular weight is 304 g/mol. The standard InChI is InChI=1S/C11H16N2O6S/c1-8-4-5-9(6-10(8)13(14)15)20(16,17)12-7-11(18-2)19-3/h4-6,11-12H,7H2,1-3H3. The number of hydrogen-bond donors (Lipinski definition) is 1. The van der Waals surface area contributed by atoms with Crippen molar-refractivity contribution in [2.45, 2.75) is 18.1 Å². The molecule has 0 spiro atoms. The van der Waals surface area contributed by atoms with Gasteiger partial charge in [0.1, 0.15) is 0 Å². The second-order valence-corrected chi connectivity index (χ2v) is 5.73. The van der Waals surface area contributed by atoms with Crippen molar-refractivity contribution in [2.75, 3.05) is 20.8 Å². The molecule has 9 heteroatoms. The Kier molecular flexibility index (Phi) is 5.57. The first-order valence-electron chi connectivity index (χ1n) is 5.62. The Morgan fingerprint density at radius 3 is 2.45 bits per heavy atom. The lowest BCUT2D eigenvalue weighted by molar-refractivity contribution is -0.385. The van der Waals surface area contributed by atoms with Gasteiger partial charge in [0, 0.05) is 25.8 Å². The molecule has 1 rings (SSSR count). The molecule has 0 aromatic heterocycles. The van der Waals surface area contributed by atoms with Gasteiger partial charge in [0.25, 0.3) is 5.69 Å². The van der Waals surface area contributed by atoms with Crippen LogP contribution in [0, 0.1) is 17.0 Å². The van der Waals surface area contributed by atoms with Gasteiger partial charge in [-0.05, 0) is 13.0 Å². The molecule has 0 unspecified atom stereocenters. The van der Waals surface area contributed by atoms with Crippen molar-refractivity contribution in [3.8, 4) is 0 Å². The molecule has 0 aliphatic heterocycles. The largest absolute Gasteiger partial charge is 0.355 e. The van der Waals surface area contributed by atoms with Crippen molar-refractivity contribution >= 4 is 15.7 Å². The smallest absolute Gasteiger partial charge is 0.273 e. The minimum Gasteiger partial charge on any atom is -0.355 e. The molecular formula is C11H16N2O6S. The molecule has 1 aromatic rings. The van der Waals surface area contributed by atoms with Crippen molar-refractivity contribution in [1.29, 1.82) is 0 Å². The lowest BCUT2D eigenvalue weighted by atomic mass is 10.2. The summed E-state index contributed by atoms with van der Waals surface area (Å²) in [4.78, 5) is 10.0. The van der Waals surface area contributed by atoms with Gasteiger partial charge in [-0.3, -0.25) is 10.1 Å². The molecule has 0 atom stereocenters. The van der Waals surface area contributed by atoms with E-state index in [2.05, 4.69) is 4.72 Å². The molecule has 0 heterocycles. The van der Waals surface area contributed by atoms with Crippen molar-refractivity contribution in [3.63, 3.8) is 0 Å². The molecule has 112 valence electrons. The van der Waals surface area contributed by atoms with E-state index in [0.717, 1.165) is 6.07 Å². The maximum absolute atomic E-state index is 12.0. The molecule has 0 amide bonds. The molecule has 8 nitrogen and oxygen atoms in total. The van der Waals surface area contributed by atoms with Crippen molar-refractivity contribution in [3.05, 3.63) is 33.9 Å². The fraction of sp³-hybridized carbons (Fsp3) is 0.455. The van der Waals surface area contributed by atoms with E-state index in [4.69, 9.17) is 9.47 Å². The average Bonchev–Trinajstić information content (AvgIpc) is 2.39. The number of ether oxygens (including phenoxy) is 2. The van der Waals surface area contributed by atoms with Gasteiger partial charge in [0.2, 0.25) is 10.0 Å². The molecule has 0 saturated heterocycles. The highest BCUT2D eigenvalue weighted by Gasteiger charge is 2.20. The van der Waals surface area contributed by atoms with Crippen LogP contribution in [-0.4, -0.2) is 40.4 Å². The Balaban J connectivity index is 2.98. The summed E-state index contributed by atoms with van der Waals surface area (Å²) in [5.41, 5.74) is 0.142. The first-order chi connectivity index (χ1) is 9.31. The molecule has 1 aromatic carbocycles. The van der Waals surface area contributed by atoms with Crippen LogP contribution in [0.2, 0.25) is 0 Å². The van der Waals surface area contributed by atoms with Crippen molar-refractivity contribution < 1.29 is 22.8 Å². The van der Waals surface area contributed by atoms with Gasteiger partial charge < -0.3 is 9.47 Å². The zero-order valence-electron chi connectivity index (χ0n) is 11.3. The monoisotopic (exact) mass is 304 g/mol. The number of nitrogens with one attached hydrogen (secondary N) is 1. The molecule has 1 N–H and O–H groups in total. The number of nitro benzene ring substituents is 1. The quantitative estimate of drug-likeness (QED) is 0.453. The van der Waals surface area contributed by atoms with Crippen LogP contribution in [0.3, 0.4) is 0 Å². The van der Waals surface area contributed by atoms with Gasteiger partial charge >= 0.3 is 0 Å². The van der Waals surface area contributed by atoms with E-state index in [1.807, 2.05) is 0 Å². The number of sulfonamides is 1. The molecule has 0 aliphatic rings. The molecule has 0 saturated carbocycles. The summed E-state index contributed by atoms with van der Waals surface area (Å²) in [5.74, 6) is 0. The Morgan fingerprint density at radius 2 is 1.95 bits per heavy atom. The van der Waals surface area contributed by atoms with Gasteiger partial charge in [0.05, 0.1) is 16.4 Å². The van der Waals surface area contributed by atoms with Crippen LogP contribution in [0.25, 0.3) is 0 Å². The normalized spacial score (nSPS) is 11.8. The van der Waals surface area contributed by atoms with Crippen LogP contribution in [-0.2, 0) is 19.5 Å². The van der Waals surface area contributed by atoms with E-state index < -0.39 is 21.2 Å². The second-order valence-electron chi connectivity index (χ2n) is 3.96. The summed E-state index contributed by atoms with van der Waals surface area (Å²) in [6.07, 6.45) is -0.731. The lowest BCUT2D eigenvalue weighted by Gasteiger charge is -2.14. The number of benzene rings is 1. The predicted octanol–water partition coefficient (Wildman–Crippen LogP) is 0.800. The number of methoxy groups -OCH3 is 2. The molecular weight excluding hydrogens is 288 g/mol. The Bertz CT molecular complexity index is 583. The van der Waals surface area contributed by atoms with Crippen LogP contribution in [0.15, 0.2) is 23.1 Å². The minimum atomic E-state index is -3.86. The number of nitro groups is 1. The minimum absolute atomic E-state index is 0.100. The highest BCUT2D eigenvalue weighted by Crippen LogP contribution is 2.21. The number of nitrogens with zero attached hydrogens (tertiary/aromatic N) is 1. The maximum atomic E-state index is 12.0. The fourth-order valence-electron chi connectivity index (χ4n) is 1.48. The number of aryl methyl sites for hydroxylation is 1. The molecule has 0 aliphatic carbocycles. The second kappa shape index (κ2) is 6.75. The van der Waals surface area contributed by atoms with E-state index >= 15 is 0 Å². The van der Waals surface area contributed by atoms with Crippen LogP contribution < -0.4 is 4.72 Å². The Labute approximate surface area is 116 Å². The van der Waals surface area contributed by atoms with Crippen LogP contribution >= 0.6 is 0 Å². The van der Waals surface area contributed by atoms with E-state index in [1.165, 1.54) is 33.3 Å². The van der Waals surface area contributed by atoms with Gasteiger partial charge in [-0.25, -0.2) is 13.1 Å². The van der Waals surface area contributed by atoms with Crippen LogP contribution in [0.5, 0.6) is 0 Å². The third-order valence-corrected chi connectivity index (χ3v) is 4.07. The fourth-order valence-corrected chi connectivity index (χ4v) is 2.51. The van der Waals surface area contributed by atoms with E-state index in [0.29, 0.717) is 5.56 Å². The SMILES string of the molecule is COC(CNS(=O)(=O)c1ccc(C)c([N+](=O)[O-])c1)OC. The summed E-state index contributed by atoms with van der Waals surface area (Å²) in [6, 6.07) is 3.71. The topological polar surface area (TPSA) is 108 Å². The highest BCUT2D eigenvalue weighted by molar-refractivity contribution is 7.89. The highest BCUT2D eigenvalue weighted by atomic mass is 32.2. The predicted molar refractivity (Wildman–Crippen MR) is 70.8 cm³/mol.